The fourth-order valence-electron chi connectivity index (χ4n) is 0.483. The number of halogens is 1. The molecule has 0 aliphatic carbocycles. The van der Waals surface area contributed by atoms with Crippen LogP contribution in [-0.4, -0.2) is 18.6 Å². The number of aldehydes is 1. The molecule has 0 spiro atoms. The molecule has 1 N–H and O–H groups in total. The number of nitrogens with one attached hydrogen (secondary N) is 1. The predicted molar refractivity (Wildman–Crippen MR) is 50.0 cm³/mol. The van der Waals surface area contributed by atoms with E-state index in [1.54, 1.807) is 0 Å². The third-order valence-corrected chi connectivity index (χ3v) is 1.73. The van der Waals surface area contributed by atoms with Crippen molar-refractivity contribution in [1.82, 2.24) is 3.53 Å². The topological polar surface area (TPSA) is 29.1 Å². The van der Waals surface area contributed by atoms with Gasteiger partial charge in [-0.3, -0.25) is 3.53 Å². The highest BCUT2D eigenvalue weighted by Gasteiger charge is 2.02. The lowest BCUT2D eigenvalue weighted by Crippen LogP contribution is -2.16. The van der Waals surface area contributed by atoms with Gasteiger partial charge in [-0.1, -0.05) is 0 Å². The van der Waals surface area contributed by atoms with Crippen molar-refractivity contribution in [3.05, 3.63) is 0 Å². The Labute approximate surface area is 74.7 Å². The Bertz CT molecular complexity index is 75.4. The molecule has 0 aromatic carbocycles. The summed E-state index contributed by atoms with van der Waals surface area (Å²) in [6.45, 7) is 0.755. The average Bonchev–Trinajstić information content (AvgIpc) is 1.88. The Morgan fingerprint density at radius 3 is 2.78 bits per heavy atom. The van der Waals surface area contributed by atoms with Crippen molar-refractivity contribution < 1.29 is 4.79 Å². The maximum atomic E-state index is 10.2. The van der Waals surface area contributed by atoms with E-state index in [9.17, 15) is 4.79 Å². The maximum Gasteiger partial charge on any atom is 0.124 e. The van der Waals surface area contributed by atoms with Gasteiger partial charge in [0.2, 0.25) is 0 Å². The molecule has 54 valence electrons. The van der Waals surface area contributed by atoms with Gasteiger partial charge in [0.05, 0.1) is 0 Å². The molecule has 1 unspecified atom stereocenters. The monoisotopic (exact) mass is 259 g/mol. The van der Waals surface area contributed by atoms with Gasteiger partial charge in [-0.05, 0) is 12.2 Å². The molecule has 2 nitrogen and oxygen atoms in total. The van der Waals surface area contributed by atoms with Gasteiger partial charge < -0.3 is 4.79 Å². The van der Waals surface area contributed by atoms with E-state index in [1.807, 2.05) is 22.9 Å². The molecule has 0 saturated heterocycles. The lowest BCUT2D eigenvalue weighted by molar-refractivity contribution is -0.110. The van der Waals surface area contributed by atoms with E-state index in [-0.39, 0.29) is 5.92 Å². The van der Waals surface area contributed by atoms with E-state index in [0.717, 1.165) is 25.0 Å². The number of thiol groups is 1. The Morgan fingerprint density at radius 2 is 2.44 bits per heavy atom. The molecule has 0 rings (SSSR count). The van der Waals surface area contributed by atoms with E-state index in [0.29, 0.717) is 0 Å². The van der Waals surface area contributed by atoms with Crippen LogP contribution in [0.1, 0.15) is 6.42 Å². The Kier molecular flexibility index (Phi) is 7.36. The molecule has 1 atom stereocenters. The molecule has 0 amide bonds. The Hall–Kier alpha value is 0.710. The summed E-state index contributed by atoms with van der Waals surface area (Å²) in [5.74, 6) is 0.918. The van der Waals surface area contributed by atoms with Crippen LogP contribution in [-0.2, 0) is 4.79 Å². The van der Waals surface area contributed by atoms with Crippen LogP contribution >= 0.6 is 35.5 Å². The summed E-state index contributed by atoms with van der Waals surface area (Å²) >= 11 is 6.05. The standard InChI is InChI=1S/C5H10INOS/c6-7-3-5(4-8)1-2-9/h4-5,7,9H,1-3H2. The molecule has 9 heavy (non-hydrogen) atoms. The van der Waals surface area contributed by atoms with Gasteiger partial charge in [0, 0.05) is 35.3 Å². The maximum absolute atomic E-state index is 10.2. The number of carbonyl (C=O) groups is 1. The third-order valence-electron chi connectivity index (χ3n) is 1.03. The summed E-state index contributed by atoms with van der Waals surface area (Å²) in [4.78, 5) is 10.2. The lowest BCUT2D eigenvalue weighted by atomic mass is 10.1. The van der Waals surface area contributed by atoms with E-state index in [4.69, 9.17) is 0 Å². The van der Waals surface area contributed by atoms with Crippen LogP contribution in [0.3, 0.4) is 0 Å². The summed E-state index contributed by atoms with van der Waals surface area (Å²) in [6, 6.07) is 0. The molecule has 0 aromatic rings. The highest BCUT2D eigenvalue weighted by Crippen LogP contribution is 1.99. The fourth-order valence-corrected chi connectivity index (χ4v) is 1.38. The van der Waals surface area contributed by atoms with Gasteiger partial charge >= 0.3 is 0 Å². The first-order chi connectivity index (χ1) is 4.35. The minimum absolute atomic E-state index is 0.138. The average molecular weight is 259 g/mol. The molecule has 0 aliphatic rings. The van der Waals surface area contributed by atoms with Crippen LogP contribution in [0.5, 0.6) is 0 Å². The summed E-state index contributed by atoms with van der Waals surface area (Å²) in [5.41, 5.74) is 0. The molecule has 4 heteroatoms. The van der Waals surface area contributed by atoms with Crippen LogP contribution in [0, 0.1) is 5.92 Å². The highest BCUT2D eigenvalue weighted by atomic mass is 127. The second-order valence-corrected chi connectivity index (χ2v) is 2.96. The third kappa shape index (κ3) is 5.17. The highest BCUT2D eigenvalue weighted by molar-refractivity contribution is 14.1. The second kappa shape index (κ2) is 6.82. The van der Waals surface area contributed by atoms with E-state index in [1.165, 1.54) is 0 Å². The van der Waals surface area contributed by atoms with Gasteiger partial charge in [0.15, 0.2) is 0 Å². The van der Waals surface area contributed by atoms with E-state index < -0.39 is 0 Å². The van der Waals surface area contributed by atoms with Crippen molar-refractivity contribution in [1.29, 1.82) is 0 Å². The van der Waals surface area contributed by atoms with Crippen LogP contribution in [0.15, 0.2) is 0 Å². The molecule has 0 aromatic heterocycles. The first-order valence-electron chi connectivity index (χ1n) is 2.74. The predicted octanol–water partition coefficient (Wildman–Crippen LogP) is 1.06. The van der Waals surface area contributed by atoms with Gasteiger partial charge in [0.25, 0.3) is 0 Å². The molecular weight excluding hydrogens is 249 g/mol. The quantitative estimate of drug-likeness (QED) is 0.334. The first-order valence-corrected chi connectivity index (χ1v) is 4.46. The molecular formula is C5H10INOS. The van der Waals surface area contributed by atoms with Crippen molar-refractivity contribution in [2.75, 3.05) is 12.3 Å². The van der Waals surface area contributed by atoms with Crippen molar-refractivity contribution in [3.63, 3.8) is 0 Å². The van der Waals surface area contributed by atoms with Crippen molar-refractivity contribution in [3.8, 4) is 0 Å². The van der Waals surface area contributed by atoms with Crippen molar-refractivity contribution >= 4 is 41.8 Å². The molecule has 0 fully saturated rings. The number of hydrogen-bond acceptors (Lipinski definition) is 3. The minimum atomic E-state index is 0.138. The van der Waals surface area contributed by atoms with Gasteiger partial charge in [0.1, 0.15) is 6.29 Å². The number of carbonyl (C=O) groups excluding carboxylic acids is 1. The van der Waals surface area contributed by atoms with Crippen molar-refractivity contribution in [2.24, 2.45) is 5.92 Å². The molecule has 0 aliphatic heterocycles. The molecule has 0 radical (unpaired) electrons. The van der Waals surface area contributed by atoms with Crippen LogP contribution in [0.25, 0.3) is 0 Å². The van der Waals surface area contributed by atoms with Gasteiger partial charge in [-0.25, -0.2) is 0 Å². The normalized spacial score (nSPS) is 13.1. The summed E-state index contributed by atoms with van der Waals surface area (Å²) < 4.78 is 2.91. The van der Waals surface area contributed by atoms with Crippen LogP contribution < -0.4 is 3.53 Å². The zero-order valence-electron chi connectivity index (χ0n) is 5.01. The largest absolute Gasteiger partial charge is 0.303 e. The number of rotatable bonds is 5. The Balaban J connectivity index is 3.29. The van der Waals surface area contributed by atoms with Gasteiger partial charge in [-0.2, -0.15) is 12.6 Å². The SMILES string of the molecule is O=CC(CCS)CNI. The van der Waals surface area contributed by atoms with Gasteiger partial charge in [-0.15, -0.1) is 0 Å². The smallest absolute Gasteiger partial charge is 0.124 e. The van der Waals surface area contributed by atoms with Crippen LogP contribution in [0.2, 0.25) is 0 Å². The summed E-state index contributed by atoms with van der Waals surface area (Å²) in [5, 5.41) is 0. The molecule has 0 heterocycles. The van der Waals surface area contributed by atoms with E-state index >= 15 is 0 Å². The summed E-state index contributed by atoms with van der Waals surface area (Å²) in [6.07, 6.45) is 1.84. The first kappa shape index (κ1) is 9.71. The van der Waals surface area contributed by atoms with Crippen molar-refractivity contribution in [2.45, 2.75) is 6.42 Å². The molecule has 0 saturated carbocycles. The Morgan fingerprint density at radius 1 is 1.78 bits per heavy atom. The zero-order chi connectivity index (χ0) is 7.11. The fraction of sp³-hybridized carbons (Fsp3) is 0.800. The second-order valence-electron chi connectivity index (χ2n) is 1.75. The van der Waals surface area contributed by atoms with Crippen LogP contribution in [0.4, 0.5) is 0 Å². The summed E-state index contributed by atoms with van der Waals surface area (Å²) in [7, 11) is 0. The zero-order valence-corrected chi connectivity index (χ0v) is 8.06. The minimum Gasteiger partial charge on any atom is -0.303 e. The van der Waals surface area contributed by atoms with E-state index in [2.05, 4.69) is 16.2 Å². The molecule has 0 bridgehead atoms. The lowest BCUT2D eigenvalue weighted by Gasteiger charge is -2.04. The number of hydrogen-bond donors (Lipinski definition) is 2.